The molecule has 4 fully saturated rings. The Morgan fingerprint density at radius 3 is 2.47 bits per heavy atom. The van der Waals surface area contributed by atoms with Gasteiger partial charge in [-0.1, -0.05) is 13.0 Å². The number of rotatable bonds is 5. The summed E-state index contributed by atoms with van der Waals surface area (Å²) in [5.74, 6) is -0.599. The number of hydrogen-bond donors (Lipinski definition) is 4. The molecule has 6 rings (SSSR count). The third-order valence-corrected chi connectivity index (χ3v) is 8.71. The number of hydrogen-bond acceptors (Lipinski definition) is 5. The molecule has 5 aliphatic rings. The Hall–Kier alpha value is -2.83. The van der Waals surface area contributed by atoms with Crippen LogP contribution < -0.4 is 5.32 Å². The van der Waals surface area contributed by atoms with Crippen molar-refractivity contribution in [3.05, 3.63) is 29.8 Å². The minimum Gasteiger partial charge on any atom is -0.506 e. The average Bonchev–Trinajstić information content (AvgIpc) is 2.71. The van der Waals surface area contributed by atoms with E-state index < -0.39 is 34.4 Å². The van der Waals surface area contributed by atoms with Crippen LogP contribution in [0.1, 0.15) is 62.2 Å². The Kier molecular flexibility index (Phi) is 4.66. The summed E-state index contributed by atoms with van der Waals surface area (Å²) in [4.78, 5) is 37.1. The number of aromatic hydroxyl groups is 2. The summed E-state index contributed by atoms with van der Waals surface area (Å²) in [6.45, 7) is 2.00. The highest BCUT2D eigenvalue weighted by atomic mass is 16.4. The third kappa shape index (κ3) is 3.05. The number of allylic oxidation sites excluding steroid dienone is 2. The summed E-state index contributed by atoms with van der Waals surface area (Å²) < 4.78 is 0. The SMILES string of the molecule is C[C@@]1(CCC(=O)Nc2c(O)ccc(C(=O)O)c2O)C(=O)C=CC23CC4CC(CC(C4)[C@H]21)C3. The van der Waals surface area contributed by atoms with Gasteiger partial charge in [0.1, 0.15) is 17.0 Å². The molecule has 32 heavy (non-hydrogen) atoms. The Labute approximate surface area is 186 Å². The van der Waals surface area contributed by atoms with Crippen LogP contribution in [0.2, 0.25) is 0 Å². The fourth-order valence-corrected chi connectivity index (χ4v) is 7.81. The van der Waals surface area contributed by atoms with E-state index in [1.165, 1.54) is 19.3 Å². The van der Waals surface area contributed by atoms with Crippen molar-refractivity contribution in [3.63, 3.8) is 0 Å². The van der Waals surface area contributed by atoms with E-state index in [0.717, 1.165) is 36.8 Å². The summed E-state index contributed by atoms with van der Waals surface area (Å²) in [5.41, 5.74) is -1.29. The van der Waals surface area contributed by atoms with Gasteiger partial charge in [0.25, 0.3) is 0 Å². The summed E-state index contributed by atoms with van der Waals surface area (Å²) in [5, 5.41) is 31.8. The maximum Gasteiger partial charge on any atom is 0.339 e. The second-order valence-corrected chi connectivity index (χ2v) is 10.6. The molecule has 170 valence electrons. The first-order chi connectivity index (χ1) is 15.1. The van der Waals surface area contributed by atoms with Crippen LogP contribution in [0, 0.1) is 34.5 Å². The lowest BCUT2D eigenvalue weighted by molar-refractivity contribution is -0.160. The second-order valence-electron chi connectivity index (χ2n) is 10.6. The molecule has 1 spiro atoms. The molecule has 4 N–H and O–H groups in total. The lowest BCUT2D eigenvalue weighted by atomic mass is 9.38. The smallest absolute Gasteiger partial charge is 0.339 e. The van der Waals surface area contributed by atoms with Crippen molar-refractivity contribution in [1.82, 2.24) is 0 Å². The van der Waals surface area contributed by atoms with Gasteiger partial charge >= 0.3 is 5.97 Å². The summed E-state index contributed by atoms with van der Waals surface area (Å²) in [6.07, 6.45) is 10.3. The topological polar surface area (TPSA) is 124 Å². The lowest BCUT2D eigenvalue weighted by Gasteiger charge is -2.65. The van der Waals surface area contributed by atoms with Crippen molar-refractivity contribution in [2.75, 3.05) is 5.32 Å². The molecule has 0 aromatic heterocycles. The monoisotopic (exact) mass is 439 g/mol. The normalized spacial score (nSPS) is 36.7. The average molecular weight is 440 g/mol. The fourth-order valence-electron chi connectivity index (χ4n) is 7.81. The van der Waals surface area contributed by atoms with Gasteiger partial charge in [-0.3, -0.25) is 9.59 Å². The molecular formula is C25H29NO6. The van der Waals surface area contributed by atoms with Gasteiger partial charge in [-0.25, -0.2) is 4.79 Å². The molecule has 4 saturated carbocycles. The van der Waals surface area contributed by atoms with E-state index in [2.05, 4.69) is 11.4 Å². The number of carboxylic acid groups (broad SMARTS) is 1. The molecule has 4 atom stereocenters. The van der Waals surface area contributed by atoms with Gasteiger partial charge in [-0.2, -0.15) is 0 Å². The largest absolute Gasteiger partial charge is 0.506 e. The number of ketones is 1. The number of phenolic OH excluding ortho intramolecular Hbond substituents is 1. The highest BCUT2D eigenvalue weighted by molar-refractivity contribution is 6.00. The van der Waals surface area contributed by atoms with Crippen molar-refractivity contribution in [2.24, 2.45) is 34.5 Å². The predicted octanol–water partition coefficient (Wildman–Crippen LogP) is 4.10. The Morgan fingerprint density at radius 1 is 1.12 bits per heavy atom. The van der Waals surface area contributed by atoms with Crippen LogP contribution in [0.15, 0.2) is 24.3 Å². The highest BCUT2D eigenvalue weighted by Gasteiger charge is 2.63. The van der Waals surface area contributed by atoms with Crippen LogP contribution in [-0.4, -0.2) is 33.0 Å². The van der Waals surface area contributed by atoms with E-state index in [1.54, 1.807) is 6.08 Å². The maximum atomic E-state index is 13.1. The van der Waals surface area contributed by atoms with Gasteiger partial charge in [0.15, 0.2) is 11.5 Å². The number of carbonyl (C=O) groups excluding carboxylic acids is 2. The number of aromatic carboxylic acids is 1. The molecule has 0 radical (unpaired) electrons. The lowest BCUT2D eigenvalue weighted by Crippen LogP contribution is -2.60. The van der Waals surface area contributed by atoms with E-state index in [1.807, 2.05) is 6.92 Å². The molecular weight excluding hydrogens is 410 g/mol. The van der Waals surface area contributed by atoms with Gasteiger partial charge in [0, 0.05) is 11.8 Å². The minimum absolute atomic E-state index is 0.0401. The van der Waals surface area contributed by atoms with Crippen LogP contribution in [0.3, 0.4) is 0 Å². The molecule has 4 bridgehead atoms. The molecule has 7 nitrogen and oxygen atoms in total. The van der Waals surface area contributed by atoms with Crippen LogP contribution in [-0.2, 0) is 9.59 Å². The number of carbonyl (C=O) groups is 3. The summed E-state index contributed by atoms with van der Waals surface area (Å²) in [6, 6.07) is 2.19. The third-order valence-electron chi connectivity index (χ3n) is 8.71. The highest BCUT2D eigenvalue weighted by Crippen LogP contribution is 2.69. The van der Waals surface area contributed by atoms with Crippen molar-refractivity contribution in [1.29, 1.82) is 0 Å². The zero-order chi connectivity index (χ0) is 22.8. The van der Waals surface area contributed by atoms with E-state index in [9.17, 15) is 24.6 Å². The van der Waals surface area contributed by atoms with Gasteiger partial charge in [0.2, 0.25) is 5.91 Å². The van der Waals surface area contributed by atoms with Crippen molar-refractivity contribution >= 4 is 23.3 Å². The van der Waals surface area contributed by atoms with Gasteiger partial charge in [-0.15, -0.1) is 0 Å². The molecule has 0 heterocycles. The Morgan fingerprint density at radius 2 is 1.81 bits per heavy atom. The molecule has 1 amide bonds. The van der Waals surface area contributed by atoms with E-state index in [-0.39, 0.29) is 29.2 Å². The van der Waals surface area contributed by atoms with Gasteiger partial charge in [-0.05, 0) is 85.8 Å². The predicted molar refractivity (Wildman–Crippen MR) is 116 cm³/mol. The molecule has 1 aromatic rings. The molecule has 0 aliphatic heterocycles. The number of amides is 1. The number of anilines is 1. The molecule has 0 saturated heterocycles. The number of carboxylic acids is 1. The second kappa shape index (κ2) is 7.09. The molecule has 5 aliphatic carbocycles. The van der Waals surface area contributed by atoms with E-state index in [4.69, 9.17) is 5.11 Å². The summed E-state index contributed by atoms with van der Waals surface area (Å²) >= 11 is 0. The molecule has 7 heteroatoms. The standard InChI is InChI=1S/C25H29NO6/c1-24(6-5-19(29)26-20-17(27)3-2-16(21(20)30)23(31)32)18(28)4-7-25-11-13-8-14(12-25)10-15(9-13)22(24)25/h2-4,7,13-15,22,27,30H,5-6,8-12H2,1H3,(H,26,29)(H,31,32)/t13?,14?,15?,22-,24+,25?/m0/s1. The number of nitrogens with one attached hydrogen (secondary N) is 1. The van der Waals surface area contributed by atoms with Gasteiger partial charge in [0.05, 0.1) is 0 Å². The first-order valence-electron chi connectivity index (χ1n) is 11.4. The van der Waals surface area contributed by atoms with Crippen LogP contribution in [0.5, 0.6) is 11.5 Å². The summed E-state index contributed by atoms with van der Waals surface area (Å²) in [7, 11) is 0. The van der Waals surface area contributed by atoms with Crippen molar-refractivity contribution in [2.45, 2.75) is 51.9 Å². The van der Waals surface area contributed by atoms with Crippen LogP contribution in [0.4, 0.5) is 5.69 Å². The first-order valence-corrected chi connectivity index (χ1v) is 11.4. The Bertz CT molecular complexity index is 1030. The molecule has 2 unspecified atom stereocenters. The minimum atomic E-state index is -1.36. The van der Waals surface area contributed by atoms with E-state index in [0.29, 0.717) is 12.3 Å². The Balaban J connectivity index is 1.35. The van der Waals surface area contributed by atoms with Crippen LogP contribution in [0.25, 0.3) is 0 Å². The fraction of sp³-hybridized carbons (Fsp3) is 0.560. The number of benzene rings is 1. The first kappa shape index (κ1) is 21.0. The zero-order valence-electron chi connectivity index (χ0n) is 18.1. The zero-order valence-corrected chi connectivity index (χ0v) is 18.1. The maximum absolute atomic E-state index is 13.1. The van der Waals surface area contributed by atoms with E-state index >= 15 is 0 Å². The van der Waals surface area contributed by atoms with Crippen molar-refractivity contribution < 1.29 is 29.7 Å². The quantitative estimate of drug-likeness (QED) is 0.512. The van der Waals surface area contributed by atoms with Crippen molar-refractivity contribution in [3.8, 4) is 11.5 Å². The number of phenols is 2. The molecule has 1 aromatic carbocycles. The van der Waals surface area contributed by atoms with Crippen LogP contribution >= 0.6 is 0 Å². The van der Waals surface area contributed by atoms with Gasteiger partial charge < -0.3 is 20.6 Å².